The van der Waals surface area contributed by atoms with Gasteiger partial charge < -0.3 is 37.9 Å². The largest absolute Gasteiger partial charge is 0.493 e. The van der Waals surface area contributed by atoms with Crippen molar-refractivity contribution in [3.63, 3.8) is 0 Å². The highest BCUT2D eigenvalue weighted by molar-refractivity contribution is 6.29. The predicted octanol–water partition coefficient (Wildman–Crippen LogP) is 19.9. The third kappa shape index (κ3) is 23.3. The molecule has 8 aromatic rings. The van der Waals surface area contributed by atoms with E-state index in [-0.39, 0.29) is 84.5 Å². The van der Waals surface area contributed by atoms with E-state index in [1.807, 2.05) is 61.5 Å². The molecule has 8 aromatic carbocycles. The maximum Gasteiger partial charge on any atom is 0.333 e. The zero-order valence-corrected chi connectivity index (χ0v) is 74.1. The summed E-state index contributed by atoms with van der Waals surface area (Å²) in [6, 6.07) is 35.9. The lowest BCUT2D eigenvalue weighted by Crippen LogP contribution is -2.49. The molecule has 1 fully saturated rings. The van der Waals surface area contributed by atoms with Gasteiger partial charge in [-0.25, -0.2) is 19.2 Å². The molecule has 0 N–H and O–H groups in total. The number of ether oxygens (including phenoxy) is 8. The monoisotopic (exact) mass is 1720 g/mol. The number of hydrogen-bond acceptors (Lipinski definition) is 20. The van der Waals surface area contributed by atoms with Crippen LogP contribution in [0.5, 0.6) is 23.0 Å². The van der Waals surface area contributed by atoms with Crippen LogP contribution in [0.4, 0.5) is 0 Å². The topological polar surface area (TPSA) is 292 Å². The van der Waals surface area contributed by atoms with Crippen LogP contribution in [0.15, 0.2) is 171 Å². The van der Waals surface area contributed by atoms with Crippen LogP contribution < -0.4 is 18.9 Å². The van der Waals surface area contributed by atoms with Gasteiger partial charge in [-0.3, -0.25) is 58.0 Å². The Hall–Kier alpha value is -12.6. The zero-order valence-electron chi connectivity index (χ0n) is 74.1. The average molecular weight is 1720 g/mol. The van der Waals surface area contributed by atoms with Crippen molar-refractivity contribution in [2.75, 3.05) is 72.5 Å². The third-order valence-corrected chi connectivity index (χ3v) is 22.9. The molecule has 4 aliphatic heterocycles. The zero-order chi connectivity index (χ0) is 90.7. The van der Waals surface area contributed by atoms with Crippen molar-refractivity contribution < 1.29 is 95.4 Å². The van der Waals surface area contributed by atoms with Crippen LogP contribution >= 0.6 is 0 Å². The number of esters is 4. The smallest absolute Gasteiger partial charge is 0.333 e. The van der Waals surface area contributed by atoms with Gasteiger partial charge >= 0.3 is 23.9 Å². The summed E-state index contributed by atoms with van der Waals surface area (Å²) < 4.78 is 43.7. The molecule has 0 radical (unpaired) electrons. The summed E-state index contributed by atoms with van der Waals surface area (Å²) in [5.41, 5.74) is 5.33. The molecule has 126 heavy (non-hydrogen) atoms. The lowest BCUT2D eigenvalue weighted by atomic mass is 9.71. The van der Waals surface area contributed by atoms with E-state index in [0.29, 0.717) is 178 Å². The summed E-state index contributed by atoms with van der Waals surface area (Å²) in [5.74, 6) is -0.516. The van der Waals surface area contributed by atoms with E-state index in [1.165, 1.54) is 19.6 Å². The Morgan fingerprint density at radius 3 is 0.937 bits per heavy atom. The molecule has 24 heteroatoms. The van der Waals surface area contributed by atoms with E-state index in [9.17, 15) is 57.5 Å². The second kappa shape index (κ2) is 45.9. The third-order valence-electron chi connectivity index (χ3n) is 22.9. The van der Waals surface area contributed by atoms with Crippen LogP contribution in [-0.2, 0) is 38.1 Å². The van der Waals surface area contributed by atoms with E-state index >= 15 is 0 Å². The van der Waals surface area contributed by atoms with E-state index in [2.05, 4.69) is 60.9 Å². The first-order chi connectivity index (χ1) is 60.7. The summed E-state index contributed by atoms with van der Waals surface area (Å²) >= 11 is 0. The fourth-order valence-corrected chi connectivity index (χ4v) is 16.1. The average Bonchev–Trinajstić information content (AvgIpc) is 0.644. The molecule has 0 spiro atoms. The number of hydrogen-bond donors (Lipinski definition) is 0. The normalized spacial score (nSPS) is 14.9. The van der Waals surface area contributed by atoms with E-state index < -0.39 is 17.9 Å². The predicted molar refractivity (Wildman–Crippen MR) is 484 cm³/mol. The van der Waals surface area contributed by atoms with Gasteiger partial charge in [-0.15, -0.1) is 0 Å². The van der Waals surface area contributed by atoms with Crippen LogP contribution in [0.2, 0.25) is 0 Å². The maximum absolute atomic E-state index is 13.6. The molecular formula is C102H118N4O20. The van der Waals surface area contributed by atoms with Crippen molar-refractivity contribution in [3.8, 4) is 23.0 Å². The molecule has 1 aliphatic carbocycles. The highest BCUT2D eigenvalue weighted by atomic mass is 16.5. The fourth-order valence-electron chi connectivity index (χ4n) is 16.1. The Labute approximate surface area is 737 Å². The Morgan fingerprint density at radius 1 is 0.341 bits per heavy atom. The first-order valence-corrected chi connectivity index (χ1v) is 44.2. The minimum absolute atomic E-state index is 0.0485. The van der Waals surface area contributed by atoms with E-state index in [0.717, 1.165) is 143 Å². The van der Waals surface area contributed by atoms with Crippen LogP contribution in [0.1, 0.15) is 267 Å². The summed E-state index contributed by atoms with van der Waals surface area (Å²) in [7, 11) is 0. The second-order valence-corrected chi connectivity index (χ2v) is 33.1. The summed E-state index contributed by atoms with van der Waals surface area (Å²) in [6.45, 7) is 34.0. The molecular weight excluding hydrogens is 1600 g/mol. The first kappa shape index (κ1) is 95.6. The standard InChI is InChI=1S/C31H39NO5.C25H29NO5.C24H27NO5.C22H23NO5/c1-20(2)30(35)37-19-8-6-7-18-36-26-17-16-25-27-23(26)10-9-11-24(27)28(33)32(29(25)34)22-14-12-21(13-15-22)31(3,4)5;1-4-5-6-7-14-26-23(27)19-11-8-10-18-21(13-12-20(22(18)19)24(26)28)30-15-9-16-31-25(29)17(2)3;1-3-5-6-7-14-25-23(27)18-11-8-10-17-20(13-12-19(22(17)18)24(25)28)29-15-9-16-30-21(26)4-2;1-3-5-12-23-21(25)16-9-6-8-15-18(11-10-17(20(15)16)22(23)26)27-13-7-14-28-19(24)4-2/h9-11,16-17,21-22H,1,6-8,12-15,18-19H2,2-5H3;8,10-13H,2,4-7,9,14-16H2,1,3H3;4,8,10-13H,2-3,5-7,9,14-16H2,1H3;4,6,8-11H,2-3,5,7,12-14H2,1H3. The summed E-state index contributed by atoms with van der Waals surface area (Å²) in [5, 5.41) is 5.63. The molecule has 5 aliphatic rings. The SMILES string of the molecule is C=C(C)C(=O)OCCCCCOc1ccc2c3c(cccc13)C(=O)N(C1CCC(C(C)(C)C)CC1)C2=O.C=C(C)C(=O)OCCCOc1ccc2c3c(cccc13)C(=O)N(CCCCCC)C2=O.C=CC(=O)OCCCOc1ccc2c3c(cccc13)C(=O)N(CCCC)C2=O.C=CC(=O)OCCCOc1ccc2c3c(cccc13)C(=O)N(CCCCCC)C2=O. The van der Waals surface area contributed by atoms with Gasteiger partial charge in [0.25, 0.3) is 47.3 Å². The van der Waals surface area contributed by atoms with Crippen molar-refractivity contribution in [1.82, 2.24) is 19.6 Å². The number of carbonyl (C=O) groups excluding carboxylic acids is 12. The lowest BCUT2D eigenvalue weighted by Gasteiger charge is -2.41. The molecule has 666 valence electrons. The Kier molecular flexibility index (Phi) is 34.8. The minimum Gasteiger partial charge on any atom is -0.493 e. The van der Waals surface area contributed by atoms with Gasteiger partial charge in [0.05, 0.1) is 52.9 Å². The van der Waals surface area contributed by atoms with E-state index in [4.69, 9.17) is 37.9 Å². The van der Waals surface area contributed by atoms with Gasteiger partial charge in [-0.05, 0) is 162 Å². The quantitative estimate of drug-likeness (QED) is 0.0113. The van der Waals surface area contributed by atoms with Gasteiger partial charge in [0.15, 0.2) is 0 Å². The molecule has 0 atom stereocenters. The van der Waals surface area contributed by atoms with Crippen LogP contribution in [0, 0.1) is 11.3 Å². The number of nitrogens with zero attached hydrogens (tertiary/aromatic N) is 4. The second-order valence-electron chi connectivity index (χ2n) is 33.1. The summed E-state index contributed by atoms with van der Waals surface area (Å²) in [4.78, 5) is 155. The van der Waals surface area contributed by atoms with Crippen LogP contribution in [-0.4, -0.2) is 169 Å². The minimum atomic E-state index is -0.466. The van der Waals surface area contributed by atoms with Gasteiger partial charge in [-0.1, -0.05) is 161 Å². The van der Waals surface area contributed by atoms with Gasteiger partial charge in [0.1, 0.15) is 23.0 Å². The molecule has 0 saturated heterocycles. The van der Waals surface area contributed by atoms with Crippen molar-refractivity contribution in [1.29, 1.82) is 0 Å². The van der Waals surface area contributed by atoms with Gasteiger partial charge in [0.2, 0.25) is 0 Å². The number of imide groups is 4. The number of unbranched alkanes of at least 4 members (excludes halogenated alkanes) is 9. The molecule has 0 aromatic heterocycles. The lowest BCUT2D eigenvalue weighted by molar-refractivity contribution is -0.140. The fraction of sp³-hybridized carbons (Fsp3) is 0.412. The van der Waals surface area contributed by atoms with Crippen molar-refractivity contribution >= 4 is 114 Å². The van der Waals surface area contributed by atoms with Crippen LogP contribution in [0.3, 0.4) is 0 Å². The maximum atomic E-state index is 13.6. The van der Waals surface area contributed by atoms with E-state index in [1.54, 1.807) is 80.6 Å². The van der Waals surface area contributed by atoms with Crippen LogP contribution in [0.25, 0.3) is 43.1 Å². The molecule has 1 saturated carbocycles. The van der Waals surface area contributed by atoms with Gasteiger partial charge in [0, 0.05) is 156 Å². The van der Waals surface area contributed by atoms with Crippen molar-refractivity contribution in [3.05, 3.63) is 215 Å². The highest BCUT2D eigenvalue weighted by Crippen LogP contribution is 2.44. The molecule has 8 amide bonds. The van der Waals surface area contributed by atoms with Crippen molar-refractivity contribution in [2.45, 2.75) is 190 Å². The summed E-state index contributed by atoms with van der Waals surface area (Å²) in [6.07, 6.45) is 19.7. The molecule has 24 nitrogen and oxygen atoms in total. The molecule has 4 heterocycles. The highest BCUT2D eigenvalue weighted by Gasteiger charge is 2.42. The Balaban J connectivity index is 0.000000176. The Bertz CT molecular complexity index is 5340. The van der Waals surface area contributed by atoms with Crippen molar-refractivity contribution in [2.24, 2.45) is 11.3 Å². The number of rotatable bonds is 40. The molecule has 0 unspecified atom stereocenters. The first-order valence-electron chi connectivity index (χ1n) is 44.2. The van der Waals surface area contributed by atoms with Gasteiger partial charge in [-0.2, -0.15) is 0 Å². The number of benzene rings is 8. The molecule has 13 rings (SSSR count). The number of amides is 8. The Morgan fingerprint density at radius 2 is 0.619 bits per heavy atom. The number of carbonyl (C=O) groups is 12. The molecule has 0 bridgehead atoms.